The van der Waals surface area contributed by atoms with Crippen LogP contribution in [-0.2, 0) is 6.42 Å². The maximum Gasteiger partial charge on any atom is 0.238 e. The Kier molecular flexibility index (Phi) is 7.83. The topological polar surface area (TPSA) is 51.8 Å². The summed E-state index contributed by atoms with van der Waals surface area (Å²) in [5.74, 6) is 4.50. The fourth-order valence-electron chi connectivity index (χ4n) is 8.64. The number of nitrogens with zero attached hydrogens (tertiary/aromatic N) is 6. The molecule has 1 aliphatic rings. The number of hydrogen-bond donors (Lipinski definition) is 0. The zero-order valence-corrected chi connectivity index (χ0v) is 31.4. The van der Waals surface area contributed by atoms with E-state index in [0.717, 1.165) is 72.8 Å². The van der Waals surface area contributed by atoms with E-state index >= 15 is 0 Å². The van der Waals surface area contributed by atoms with Gasteiger partial charge in [0.2, 0.25) is 5.95 Å². The van der Waals surface area contributed by atoms with Gasteiger partial charge in [0, 0.05) is 67.8 Å². The van der Waals surface area contributed by atoms with E-state index in [2.05, 4.69) is 172 Å². The lowest BCUT2D eigenvalue weighted by Crippen LogP contribution is -2.34. The third-order valence-corrected chi connectivity index (χ3v) is 11.1. The average Bonchev–Trinajstić information content (AvgIpc) is 3.94. The Morgan fingerprint density at radius 2 is 1.05 bits per heavy atom. The van der Waals surface area contributed by atoms with Crippen molar-refractivity contribution < 1.29 is 0 Å². The van der Waals surface area contributed by atoms with Gasteiger partial charge in [0.05, 0.1) is 21.9 Å². The summed E-state index contributed by atoms with van der Waals surface area (Å²) in [4.78, 5) is 18.1. The summed E-state index contributed by atoms with van der Waals surface area (Å²) in [6.45, 7) is 0. The van der Waals surface area contributed by atoms with Crippen LogP contribution in [0.5, 0.6) is 0 Å². The Hall–Kier alpha value is -8.01. The molecule has 0 saturated carbocycles. The molecule has 10 aromatic rings. The van der Waals surface area contributed by atoms with E-state index in [0.29, 0.717) is 17.6 Å². The minimum absolute atomic E-state index is 0.484. The largest absolute Gasteiger partial charge is 0.313 e. The van der Waals surface area contributed by atoms with E-state index in [1.165, 1.54) is 16.3 Å². The summed E-state index contributed by atoms with van der Waals surface area (Å²) in [5.41, 5.74) is 10.6. The van der Waals surface area contributed by atoms with E-state index in [9.17, 15) is 0 Å². The van der Waals surface area contributed by atoms with Crippen molar-refractivity contribution in [3.8, 4) is 46.8 Å². The highest BCUT2D eigenvalue weighted by molar-refractivity contribution is 6.09. The summed E-state index contributed by atoms with van der Waals surface area (Å²) in [7, 11) is 0. The van der Waals surface area contributed by atoms with Gasteiger partial charge < -0.3 is 9.47 Å². The Balaban J connectivity index is 1.19. The molecule has 0 N–H and O–H groups in total. The Morgan fingerprint density at radius 3 is 1.76 bits per heavy atom. The van der Waals surface area contributed by atoms with Crippen LogP contribution < -0.4 is 15.5 Å². The van der Waals surface area contributed by atoms with Gasteiger partial charge in [-0.3, -0.25) is 4.57 Å². The predicted octanol–water partition coefficient (Wildman–Crippen LogP) is 10.2. The van der Waals surface area contributed by atoms with Crippen LogP contribution in [0.2, 0.25) is 0 Å². The zero-order chi connectivity index (χ0) is 38.6. The van der Waals surface area contributed by atoms with Crippen LogP contribution >= 0.6 is 0 Å². The lowest BCUT2D eigenvalue weighted by Gasteiger charge is -2.22. The first kappa shape index (κ1) is 33.3. The molecule has 4 heterocycles. The molecule has 0 atom stereocenters. The molecule has 272 valence electrons. The maximum absolute atomic E-state index is 6.21. The van der Waals surface area contributed by atoms with Crippen molar-refractivity contribution in [2.24, 2.45) is 0 Å². The van der Waals surface area contributed by atoms with E-state index in [1.54, 1.807) is 0 Å². The highest BCUT2D eigenvalue weighted by Gasteiger charge is 2.28. The molecule has 58 heavy (non-hydrogen) atoms. The number of aromatic nitrogens is 5. The third kappa shape index (κ3) is 5.33. The SMILES string of the molecule is C#C/C=c1\c(=C2/Cc3ccccc3N2c2ccccc2)c2ccccc2n1-c1nc(-c2ccccc2)nc(-c2cccc(-n3c4ccccc4c4ccccc43)c2)n1. The summed E-state index contributed by atoms with van der Waals surface area (Å²) in [6.07, 6.45) is 8.80. The lowest BCUT2D eigenvalue weighted by molar-refractivity contribution is 0.910. The molecular weight excluding hydrogens is 709 g/mol. The van der Waals surface area contributed by atoms with Crippen LogP contribution in [0.15, 0.2) is 182 Å². The number of anilines is 2. The Labute approximate surface area is 335 Å². The highest BCUT2D eigenvalue weighted by Crippen LogP contribution is 2.41. The molecule has 0 unspecified atom stereocenters. The van der Waals surface area contributed by atoms with Gasteiger partial charge in [-0.1, -0.05) is 139 Å². The molecule has 0 aliphatic carbocycles. The van der Waals surface area contributed by atoms with E-state index in [4.69, 9.17) is 21.4 Å². The maximum atomic E-state index is 6.21. The molecule has 6 nitrogen and oxygen atoms in total. The van der Waals surface area contributed by atoms with E-state index < -0.39 is 0 Å². The summed E-state index contributed by atoms with van der Waals surface area (Å²) < 4.78 is 4.42. The first-order valence-electron chi connectivity index (χ1n) is 19.4. The van der Waals surface area contributed by atoms with Crippen molar-refractivity contribution in [2.45, 2.75) is 6.42 Å². The predicted molar refractivity (Wildman–Crippen MR) is 237 cm³/mol. The van der Waals surface area contributed by atoms with Crippen molar-refractivity contribution in [1.29, 1.82) is 0 Å². The smallest absolute Gasteiger partial charge is 0.238 e. The molecular formula is C52H34N6. The number of fused-ring (bicyclic) bond motifs is 5. The van der Waals surface area contributed by atoms with Crippen molar-refractivity contribution in [3.63, 3.8) is 0 Å². The van der Waals surface area contributed by atoms with Gasteiger partial charge in [-0.05, 0) is 54.1 Å². The van der Waals surface area contributed by atoms with Gasteiger partial charge in [-0.25, -0.2) is 4.98 Å². The molecule has 3 aromatic heterocycles. The highest BCUT2D eigenvalue weighted by atomic mass is 15.2. The lowest BCUT2D eigenvalue weighted by atomic mass is 10.1. The molecule has 0 saturated heterocycles. The molecule has 1 aliphatic heterocycles. The quantitative estimate of drug-likeness (QED) is 0.165. The van der Waals surface area contributed by atoms with Crippen LogP contribution in [0.4, 0.5) is 11.4 Å². The van der Waals surface area contributed by atoms with Gasteiger partial charge in [-0.2, -0.15) is 9.97 Å². The molecule has 7 aromatic carbocycles. The number of rotatable bonds is 5. The molecule has 0 radical (unpaired) electrons. The molecule has 11 rings (SSSR count). The fourth-order valence-corrected chi connectivity index (χ4v) is 8.64. The Morgan fingerprint density at radius 1 is 0.500 bits per heavy atom. The van der Waals surface area contributed by atoms with Crippen LogP contribution in [0.3, 0.4) is 0 Å². The molecule has 0 bridgehead atoms. The van der Waals surface area contributed by atoms with Crippen LogP contribution in [0, 0.1) is 12.3 Å². The van der Waals surface area contributed by atoms with Gasteiger partial charge >= 0.3 is 0 Å². The van der Waals surface area contributed by atoms with Crippen LogP contribution in [0.1, 0.15) is 5.56 Å². The molecule has 0 spiro atoms. The minimum atomic E-state index is 0.484. The second-order valence-corrected chi connectivity index (χ2v) is 14.4. The van der Waals surface area contributed by atoms with E-state index in [1.807, 2.05) is 36.4 Å². The van der Waals surface area contributed by atoms with Crippen molar-refractivity contribution >= 4 is 55.9 Å². The standard InChI is InChI=1S/C52H34N6/c1-2-18-47-49(48-34-36-21-9-13-29-43(36)56(48)38-23-7-4-8-24-38)42-28-12-16-32-46(42)58(47)52-54-50(35-19-5-3-6-20-35)53-51(55-52)37-22-17-25-39(33-37)57-44-30-14-10-26-40(44)41-27-11-15-31-45(41)57/h1,3-33H,34H2/b47-18+,49-48+. The average molecular weight is 743 g/mol. The second-order valence-electron chi connectivity index (χ2n) is 14.4. The van der Waals surface area contributed by atoms with Crippen LogP contribution in [0.25, 0.3) is 78.9 Å². The van der Waals surface area contributed by atoms with Crippen molar-refractivity contribution in [2.75, 3.05) is 4.90 Å². The summed E-state index contributed by atoms with van der Waals surface area (Å²) in [5, 5.41) is 5.36. The Bertz CT molecular complexity index is 3340. The summed E-state index contributed by atoms with van der Waals surface area (Å²) in [6, 6.07) is 63.2. The van der Waals surface area contributed by atoms with Crippen molar-refractivity contribution in [3.05, 3.63) is 198 Å². The monoisotopic (exact) mass is 742 g/mol. The van der Waals surface area contributed by atoms with E-state index in [-0.39, 0.29) is 0 Å². The van der Waals surface area contributed by atoms with Gasteiger partial charge in [0.1, 0.15) is 0 Å². The first-order valence-corrected chi connectivity index (χ1v) is 19.4. The number of hydrogen-bond acceptors (Lipinski definition) is 4. The zero-order valence-electron chi connectivity index (χ0n) is 31.4. The number of terminal acetylenes is 1. The second kappa shape index (κ2) is 13.6. The molecule has 6 heteroatoms. The number of para-hydroxylation sites is 5. The van der Waals surface area contributed by atoms with Gasteiger partial charge in [-0.15, -0.1) is 6.42 Å². The summed E-state index contributed by atoms with van der Waals surface area (Å²) >= 11 is 0. The first-order chi connectivity index (χ1) is 28.7. The van der Waals surface area contributed by atoms with Gasteiger partial charge in [0.15, 0.2) is 11.6 Å². The number of benzene rings is 7. The molecule has 0 fully saturated rings. The van der Waals surface area contributed by atoms with Gasteiger partial charge in [0.25, 0.3) is 0 Å². The van der Waals surface area contributed by atoms with Crippen LogP contribution in [-0.4, -0.2) is 24.1 Å². The van der Waals surface area contributed by atoms with Crippen molar-refractivity contribution in [1.82, 2.24) is 24.1 Å². The third-order valence-electron chi connectivity index (χ3n) is 11.1. The normalized spacial score (nSPS) is 13.7. The molecule has 0 amide bonds. The fraction of sp³-hybridized carbons (Fsp3) is 0.0192. The minimum Gasteiger partial charge on any atom is -0.313 e.